The summed E-state index contributed by atoms with van der Waals surface area (Å²) in [5.74, 6) is 0.724. The number of amides is 2. The zero-order valence-electron chi connectivity index (χ0n) is 14.5. The molecule has 0 aliphatic carbocycles. The molecule has 1 N–H and O–H groups in total. The number of rotatable bonds is 6. The summed E-state index contributed by atoms with van der Waals surface area (Å²) in [6.45, 7) is 5.84. The van der Waals surface area contributed by atoms with Gasteiger partial charge in [0.25, 0.3) is 0 Å². The van der Waals surface area contributed by atoms with Crippen molar-refractivity contribution in [3.63, 3.8) is 0 Å². The van der Waals surface area contributed by atoms with Crippen molar-refractivity contribution >= 4 is 11.8 Å². The normalized spacial score (nSPS) is 14.8. The molecular weight excluding hydrogens is 302 g/mol. The summed E-state index contributed by atoms with van der Waals surface area (Å²) >= 11 is 0. The number of urea groups is 1. The lowest BCUT2D eigenvalue weighted by atomic mass is 10.2. The molecule has 0 aromatic carbocycles. The molecule has 6 nitrogen and oxygen atoms in total. The van der Waals surface area contributed by atoms with Gasteiger partial charge in [0.05, 0.1) is 5.56 Å². The predicted octanol–water partition coefficient (Wildman–Crippen LogP) is 2.76. The molecule has 0 unspecified atom stereocenters. The Balaban J connectivity index is 1.84. The highest BCUT2D eigenvalue weighted by Crippen LogP contribution is 2.18. The maximum absolute atomic E-state index is 12.3. The first-order valence-corrected chi connectivity index (χ1v) is 8.89. The third-order valence-electron chi connectivity index (χ3n) is 4.30. The van der Waals surface area contributed by atoms with Crippen LogP contribution < -0.4 is 10.2 Å². The molecule has 0 saturated carbocycles. The van der Waals surface area contributed by atoms with Gasteiger partial charge < -0.3 is 15.1 Å². The molecule has 130 valence electrons. The van der Waals surface area contributed by atoms with E-state index in [4.69, 9.17) is 0 Å². The van der Waals surface area contributed by atoms with Gasteiger partial charge in [-0.1, -0.05) is 26.2 Å². The van der Waals surface area contributed by atoms with Crippen molar-refractivity contribution in [1.29, 1.82) is 5.26 Å². The molecule has 2 amide bonds. The van der Waals surface area contributed by atoms with E-state index in [0.717, 1.165) is 38.3 Å². The first-order valence-electron chi connectivity index (χ1n) is 8.89. The van der Waals surface area contributed by atoms with Crippen molar-refractivity contribution in [3.8, 4) is 6.07 Å². The summed E-state index contributed by atoms with van der Waals surface area (Å²) in [6, 6.07) is 5.78. The third kappa shape index (κ3) is 5.12. The maximum Gasteiger partial charge on any atom is 0.317 e. The Morgan fingerprint density at radius 3 is 2.96 bits per heavy atom. The van der Waals surface area contributed by atoms with E-state index < -0.39 is 0 Å². The lowest BCUT2D eigenvalue weighted by molar-refractivity contribution is 0.201. The van der Waals surface area contributed by atoms with Crippen LogP contribution in [0.25, 0.3) is 0 Å². The Labute approximate surface area is 144 Å². The second kappa shape index (κ2) is 9.76. The van der Waals surface area contributed by atoms with Crippen molar-refractivity contribution in [2.24, 2.45) is 0 Å². The molecule has 24 heavy (non-hydrogen) atoms. The molecule has 1 aromatic rings. The van der Waals surface area contributed by atoms with Crippen molar-refractivity contribution in [2.45, 2.75) is 39.0 Å². The lowest BCUT2D eigenvalue weighted by Gasteiger charge is -2.23. The standard InChI is InChI=1S/C18H27N5O/c1-2-3-4-5-9-21-18(24)23-12-7-11-22(13-14-23)17-16(15-19)8-6-10-20-17/h6,8,10H,2-5,7,9,11-14H2,1H3,(H,21,24). The number of hydrogen-bond acceptors (Lipinski definition) is 4. The summed E-state index contributed by atoms with van der Waals surface area (Å²) in [4.78, 5) is 20.6. The first-order chi connectivity index (χ1) is 11.8. The van der Waals surface area contributed by atoms with Gasteiger partial charge in [-0.3, -0.25) is 0 Å². The lowest BCUT2D eigenvalue weighted by Crippen LogP contribution is -2.42. The predicted molar refractivity (Wildman–Crippen MR) is 94.9 cm³/mol. The van der Waals surface area contributed by atoms with Crippen LogP contribution in [0.4, 0.5) is 10.6 Å². The Kier molecular flexibility index (Phi) is 7.34. The van der Waals surface area contributed by atoms with Crippen molar-refractivity contribution < 1.29 is 4.79 Å². The molecule has 0 radical (unpaired) electrons. The van der Waals surface area contributed by atoms with Gasteiger partial charge in [0.15, 0.2) is 0 Å². The summed E-state index contributed by atoms with van der Waals surface area (Å²) < 4.78 is 0. The summed E-state index contributed by atoms with van der Waals surface area (Å²) in [5, 5.41) is 12.2. The van der Waals surface area contributed by atoms with Crippen LogP contribution in [-0.2, 0) is 0 Å². The van der Waals surface area contributed by atoms with E-state index in [2.05, 4.69) is 28.2 Å². The van der Waals surface area contributed by atoms with E-state index in [9.17, 15) is 10.1 Å². The smallest absolute Gasteiger partial charge is 0.317 e. The maximum atomic E-state index is 12.3. The van der Waals surface area contributed by atoms with E-state index >= 15 is 0 Å². The molecule has 2 rings (SSSR count). The number of hydrogen-bond donors (Lipinski definition) is 1. The Morgan fingerprint density at radius 2 is 2.17 bits per heavy atom. The molecule has 0 bridgehead atoms. The van der Waals surface area contributed by atoms with Crippen LogP contribution in [0.5, 0.6) is 0 Å². The van der Waals surface area contributed by atoms with Gasteiger partial charge in [0, 0.05) is 38.9 Å². The quantitative estimate of drug-likeness (QED) is 0.815. The fourth-order valence-electron chi connectivity index (χ4n) is 2.93. The van der Waals surface area contributed by atoms with Gasteiger partial charge in [-0.05, 0) is 25.0 Å². The van der Waals surface area contributed by atoms with Crippen molar-refractivity contribution in [1.82, 2.24) is 15.2 Å². The molecule has 1 fully saturated rings. The molecule has 1 aliphatic rings. The van der Waals surface area contributed by atoms with Gasteiger partial charge >= 0.3 is 6.03 Å². The van der Waals surface area contributed by atoms with E-state index in [1.165, 1.54) is 19.3 Å². The second-order valence-corrected chi connectivity index (χ2v) is 6.11. The molecule has 1 saturated heterocycles. The topological polar surface area (TPSA) is 72.3 Å². The number of unbranched alkanes of at least 4 members (excludes halogenated alkanes) is 3. The highest BCUT2D eigenvalue weighted by molar-refractivity contribution is 5.74. The van der Waals surface area contributed by atoms with Crippen LogP contribution in [0.2, 0.25) is 0 Å². The zero-order chi connectivity index (χ0) is 17.2. The second-order valence-electron chi connectivity index (χ2n) is 6.11. The molecule has 1 aromatic heterocycles. The third-order valence-corrected chi connectivity index (χ3v) is 4.30. The van der Waals surface area contributed by atoms with E-state index in [1.807, 2.05) is 4.90 Å². The molecule has 6 heteroatoms. The fourth-order valence-corrected chi connectivity index (χ4v) is 2.93. The van der Waals surface area contributed by atoms with Crippen molar-refractivity contribution in [3.05, 3.63) is 23.9 Å². The molecule has 0 atom stereocenters. The monoisotopic (exact) mass is 329 g/mol. The first kappa shape index (κ1) is 18.1. The molecular formula is C18H27N5O. The number of aromatic nitrogens is 1. The number of nitrogens with one attached hydrogen (secondary N) is 1. The van der Waals surface area contributed by atoms with E-state index in [0.29, 0.717) is 18.7 Å². The average Bonchev–Trinajstić information content (AvgIpc) is 2.87. The van der Waals surface area contributed by atoms with Gasteiger partial charge in [0.2, 0.25) is 0 Å². The highest BCUT2D eigenvalue weighted by Gasteiger charge is 2.20. The molecule has 2 heterocycles. The number of pyridine rings is 1. The van der Waals surface area contributed by atoms with E-state index in [1.54, 1.807) is 18.3 Å². The van der Waals surface area contributed by atoms with Crippen LogP contribution in [-0.4, -0.2) is 48.6 Å². The number of carbonyl (C=O) groups is 1. The Hall–Kier alpha value is -2.29. The Morgan fingerprint density at radius 1 is 1.29 bits per heavy atom. The van der Waals surface area contributed by atoms with Gasteiger partial charge in [-0.25, -0.2) is 9.78 Å². The highest BCUT2D eigenvalue weighted by atomic mass is 16.2. The van der Waals surface area contributed by atoms with Crippen LogP contribution in [0.1, 0.15) is 44.6 Å². The number of anilines is 1. The largest absolute Gasteiger partial charge is 0.354 e. The number of carbonyl (C=O) groups excluding carboxylic acids is 1. The van der Waals surface area contributed by atoms with Gasteiger partial charge in [-0.15, -0.1) is 0 Å². The summed E-state index contributed by atoms with van der Waals surface area (Å²) in [6.07, 6.45) is 7.22. The van der Waals surface area contributed by atoms with Crippen molar-refractivity contribution in [2.75, 3.05) is 37.6 Å². The molecule has 0 spiro atoms. The fraction of sp³-hybridized carbons (Fsp3) is 0.611. The SMILES string of the molecule is CCCCCCNC(=O)N1CCCN(c2ncccc2C#N)CC1. The average molecular weight is 329 g/mol. The summed E-state index contributed by atoms with van der Waals surface area (Å²) in [5.41, 5.74) is 0.589. The van der Waals surface area contributed by atoms with Crippen LogP contribution in [0.15, 0.2) is 18.3 Å². The Bertz CT molecular complexity index is 569. The van der Waals surface area contributed by atoms with E-state index in [-0.39, 0.29) is 6.03 Å². The van der Waals surface area contributed by atoms with Gasteiger partial charge in [0.1, 0.15) is 11.9 Å². The minimum atomic E-state index is 0.0230. The minimum Gasteiger partial charge on any atom is -0.354 e. The minimum absolute atomic E-state index is 0.0230. The zero-order valence-corrected chi connectivity index (χ0v) is 14.5. The van der Waals surface area contributed by atoms with Crippen LogP contribution >= 0.6 is 0 Å². The van der Waals surface area contributed by atoms with Crippen LogP contribution in [0, 0.1) is 11.3 Å². The summed E-state index contributed by atoms with van der Waals surface area (Å²) in [7, 11) is 0. The van der Waals surface area contributed by atoms with Crippen LogP contribution in [0.3, 0.4) is 0 Å². The van der Waals surface area contributed by atoms with Gasteiger partial charge in [-0.2, -0.15) is 5.26 Å². The number of nitriles is 1. The number of nitrogens with zero attached hydrogens (tertiary/aromatic N) is 4. The molecule has 1 aliphatic heterocycles.